The number of aryl methyl sites for hydroxylation is 1. The zero-order chi connectivity index (χ0) is 13.4. The summed E-state index contributed by atoms with van der Waals surface area (Å²) >= 11 is 3.33. The molecule has 0 aliphatic rings. The highest BCUT2D eigenvalue weighted by atomic mass is 79.9. The van der Waals surface area contributed by atoms with Gasteiger partial charge in [-0.15, -0.1) is 0 Å². The van der Waals surface area contributed by atoms with Crippen LogP contribution in [-0.4, -0.2) is 9.78 Å². The predicted molar refractivity (Wildman–Crippen MR) is 68.5 cm³/mol. The SMILES string of the molecule is Cc1nn(-c2c(F)cc(CN)cc2F)c(C)c1Br. The monoisotopic (exact) mass is 315 g/mol. The van der Waals surface area contributed by atoms with Crippen LogP contribution in [0.3, 0.4) is 0 Å². The van der Waals surface area contributed by atoms with Gasteiger partial charge in [-0.25, -0.2) is 13.5 Å². The van der Waals surface area contributed by atoms with Crippen LogP contribution in [0.5, 0.6) is 0 Å². The standard InChI is InChI=1S/C12H12BrF2N3/c1-6-11(13)7(2)18(17-6)12-9(14)3-8(5-16)4-10(12)15/h3-4H,5,16H2,1-2H3. The topological polar surface area (TPSA) is 43.8 Å². The van der Waals surface area contributed by atoms with E-state index in [2.05, 4.69) is 21.0 Å². The van der Waals surface area contributed by atoms with Crippen LogP contribution >= 0.6 is 15.9 Å². The van der Waals surface area contributed by atoms with Crippen LogP contribution in [-0.2, 0) is 6.54 Å². The van der Waals surface area contributed by atoms with Crippen molar-refractivity contribution < 1.29 is 8.78 Å². The molecule has 0 spiro atoms. The van der Waals surface area contributed by atoms with Gasteiger partial charge in [0.05, 0.1) is 15.9 Å². The van der Waals surface area contributed by atoms with Crippen molar-refractivity contribution in [1.29, 1.82) is 0 Å². The Kier molecular flexibility index (Phi) is 3.49. The summed E-state index contributed by atoms with van der Waals surface area (Å²) in [5.74, 6) is -1.35. The first-order chi connectivity index (χ1) is 8.45. The summed E-state index contributed by atoms with van der Waals surface area (Å²) in [6.07, 6.45) is 0. The van der Waals surface area contributed by atoms with Gasteiger partial charge < -0.3 is 5.73 Å². The van der Waals surface area contributed by atoms with E-state index in [1.54, 1.807) is 13.8 Å². The molecule has 96 valence electrons. The van der Waals surface area contributed by atoms with Crippen LogP contribution in [0.25, 0.3) is 5.69 Å². The molecule has 2 N–H and O–H groups in total. The highest BCUT2D eigenvalue weighted by Gasteiger charge is 2.18. The first-order valence-corrected chi connectivity index (χ1v) is 6.15. The fourth-order valence-corrected chi connectivity index (χ4v) is 2.03. The maximum absolute atomic E-state index is 13.9. The largest absolute Gasteiger partial charge is 0.326 e. The molecule has 0 aliphatic heterocycles. The fraction of sp³-hybridized carbons (Fsp3) is 0.250. The third kappa shape index (κ3) is 2.06. The molecule has 0 atom stereocenters. The maximum Gasteiger partial charge on any atom is 0.152 e. The van der Waals surface area contributed by atoms with E-state index in [-0.39, 0.29) is 12.2 Å². The molecular weight excluding hydrogens is 304 g/mol. The molecule has 2 rings (SSSR count). The van der Waals surface area contributed by atoms with Crippen molar-refractivity contribution in [3.05, 3.63) is 45.2 Å². The molecule has 2 aromatic rings. The number of benzene rings is 1. The quantitative estimate of drug-likeness (QED) is 0.926. The van der Waals surface area contributed by atoms with Crippen LogP contribution < -0.4 is 5.73 Å². The number of aromatic nitrogens is 2. The summed E-state index contributed by atoms with van der Waals surface area (Å²) < 4.78 is 29.9. The average molecular weight is 316 g/mol. The van der Waals surface area contributed by atoms with E-state index in [0.29, 0.717) is 17.0 Å². The van der Waals surface area contributed by atoms with Crippen LogP contribution in [0.4, 0.5) is 8.78 Å². The van der Waals surface area contributed by atoms with Crippen LogP contribution in [0.2, 0.25) is 0 Å². The van der Waals surface area contributed by atoms with Crippen LogP contribution in [0, 0.1) is 25.5 Å². The van der Waals surface area contributed by atoms with Crippen molar-refractivity contribution in [2.75, 3.05) is 0 Å². The van der Waals surface area contributed by atoms with Gasteiger partial charge in [0.15, 0.2) is 11.6 Å². The van der Waals surface area contributed by atoms with Crippen molar-refractivity contribution in [2.24, 2.45) is 5.73 Å². The molecule has 1 aromatic carbocycles. The average Bonchev–Trinajstić information content (AvgIpc) is 2.56. The Balaban J connectivity index is 2.67. The highest BCUT2D eigenvalue weighted by Crippen LogP contribution is 2.26. The van der Waals surface area contributed by atoms with Gasteiger partial charge in [-0.1, -0.05) is 0 Å². The lowest BCUT2D eigenvalue weighted by molar-refractivity contribution is 0.554. The molecule has 0 radical (unpaired) electrons. The van der Waals surface area contributed by atoms with E-state index in [0.717, 1.165) is 4.47 Å². The minimum atomic E-state index is -0.673. The lowest BCUT2D eigenvalue weighted by atomic mass is 10.2. The van der Waals surface area contributed by atoms with Crippen molar-refractivity contribution >= 4 is 15.9 Å². The fourth-order valence-electron chi connectivity index (χ4n) is 1.78. The molecular formula is C12H12BrF2N3. The van der Waals surface area contributed by atoms with Gasteiger partial charge in [-0.05, 0) is 47.5 Å². The second-order valence-corrected chi connectivity index (χ2v) is 4.80. The smallest absolute Gasteiger partial charge is 0.152 e. The van der Waals surface area contributed by atoms with Gasteiger partial charge in [-0.3, -0.25) is 0 Å². The zero-order valence-corrected chi connectivity index (χ0v) is 11.6. The summed E-state index contributed by atoms with van der Waals surface area (Å²) in [7, 11) is 0. The Hall–Kier alpha value is -1.27. The maximum atomic E-state index is 13.9. The third-order valence-corrected chi connectivity index (χ3v) is 3.87. The zero-order valence-electron chi connectivity index (χ0n) is 9.97. The molecule has 0 amide bonds. The Morgan fingerprint density at radius 1 is 1.28 bits per heavy atom. The van der Waals surface area contributed by atoms with Gasteiger partial charge >= 0.3 is 0 Å². The van der Waals surface area contributed by atoms with Crippen molar-refractivity contribution in [2.45, 2.75) is 20.4 Å². The summed E-state index contributed by atoms with van der Waals surface area (Å²) in [5, 5.41) is 4.12. The molecule has 0 fully saturated rings. The molecule has 6 heteroatoms. The summed E-state index contributed by atoms with van der Waals surface area (Å²) in [6.45, 7) is 3.59. The minimum Gasteiger partial charge on any atom is -0.326 e. The molecule has 1 aromatic heterocycles. The lowest BCUT2D eigenvalue weighted by Crippen LogP contribution is -2.08. The van der Waals surface area contributed by atoms with Gasteiger partial charge in [0, 0.05) is 6.54 Å². The van der Waals surface area contributed by atoms with E-state index < -0.39 is 11.6 Å². The predicted octanol–water partition coefficient (Wildman–Crippen LogP) is 2.99. The molecule has 0 saturated heterocycles. The van der Waals surface area contributed by atoms with Crippen LogP contribution in [0.15, 0.2) is 16.6 Å². The van der Waals surface area contributed by atoms with E-state index in [1.807, 2.05) is 0 Å². The first kappa shape index (κ1) is 13.2. The number of rotatable bonds is 2. The molecule has 18 heavy (non-hydrogen) atoms. The lowest BCUT2D eigenvalue weighted by Gasteiger charge is -2.09. The second-order valence-electron chi connectivity index (χ2n) is 4.01. The molecule has 1 heterocycles. The van der Waals surface area contributed by atoms with Crippen molar-refractivity contribution in [3.8, 4) is 5.69 Å². The van der Waals surface area contributed by atoms with Crippen LogP contribution in [0.1, 0.15) is 17.0 Å². The second kappa shape index (κ2) is 4.78. The number of nitrogens with two attached hydrogens (primary N) is 1. The first-order valence-electron chi connectivity index (χ1n) is 5.35. The van der Waals surface area contributed by atoms with E-state index in [9.17, 15) is 8.78 Å². The summed E-state index contributed by atoms with van der Waals surface area (Å²) in [5.41, 5.74) is 6.92. The van der Waals surface area contributed by atoms with Gasteiger partial charge in [-0.2, -0.15) is 5.10 Å². The Morgan fingerprint density at radius 3 is 2.22 bits per heavy atom. The Morgan fingerprint density at radius 2 is 1.83 bits per heavy atom. The molecule has 0 unspecified atom stereocenters. The van der Waals surface area contributed by atoms with Gasteiger partial charge in [0.25, 0.3) is 0 Å². The third-order valence-electron chi connectivity index (χ3n) is 2.73. The Labute approximate surface area is 112 Å². The summed E-state index contributed by atoms with van der Waals surface area (Å²) in [4.78, 5) is 0. The normalized spacial score (nSPS) is 11.0. The highest BCUT2D eigenvalue weighted by molar-refractivity contribution is 9.10. The molecule has 0 bridgehead atoms. The van der Waals surface area contributed by atoms with Crippen molar-refractivity contribution in [3.63, 3.8) is 0 Å². The van der Waals surface area contributed by atoms with Gasteiger partial charge in [0.2, 0.25) is 0 Å². The molecule has 0 saturated carbocycles. The minimum absolute atomic E-state index is 0.0922. The van der Waals surface area contributed by atoms with Gasteiger partial charge in [0.1, 0.15) is 5.69 Å². The van der Waals surface area contributed by atoms with E-state index in [4.69, 9.17) is 5.73 Å². The van der Waals surface area contributed by atoms with Crippen molar-refractivity contribution in [1.82, 2.24) is 9.78 Å². The molecule has 0 aliphatic carbocycles. The number of nitrogens with zero attached hydrogens (tertiary/aromatic N) is 2. The summed E-state index contributed by atoms with van der Waals surface area (Å²) in [6, 6.07) is 2.45. The number of halogens is 3. The van der Waals surface area contributed by atoms with E-state index >= 15 is 0 Å². The Bertz CT molecular complexity index is 585. The number of hydrogen-bond donors (Lipinski definition) is 1. The molecule has 3 nitrogen and oxygen atoms in total. The van der Waals surface area contributed by atoms with E-state index in [1.165, 1.54) is 16.8 Å². The number of hydrogen-bond acceptors (Lipinski definition) is 2.